The van der Waals surface area contributed by atoms with E-state index in [1.54, 1.807) is 30.6 Å². The zero-order valence-corrected chi connectivity index (χ0v) is 12.0. The molecule has 0 aromatic carbocycles. The number of pyridine rings is 1. The molecular weight excluding hydrogens is 268 g/mol. The number of carbonyl (C=O) groups is 1. The summed E-state index contributed by atoms with van der Waals surface area (Å²) in [6, 6.07) is 3.69. The molecule has 1 saturated carbocycles. The highest BCUT2D eigenvalue weighted by Crippen LogP contribution is 2.32. The molecule has 2 fully saturated rings. The van der Waals surface area contributed by atoms with E-state index in [0.717, 1.165) is 12.8 Å². The minimum atomic E-state index is -0.0284. The molecule has 1 saturated heterocycles. The maximum Gasteiger partial charge on any atom is 0.255 e. The van der Waals surface area contributed by atoms with Gasteiger partial charge in [0.15, 0.2) is 0 Å². The summed E-state index contributed by atoms with van der Waals surface area (Å²) in [6.45, 7) is 5.38. The SMILES string of the molecule is C=CCO[C@@H]1CC[C@H]2[C@H]1OCCN2C(=O)c1cccnc1. The second kappa shape index (κ2) is 6.37. The Balaban J connectivity index is 1.73. The predicted octanol–water partition coefficient (Wildman–Crippen LogP) is 1.66. The molecule has 112 valence electrons. The van der Waals surface area contributed by atoms with Crippen LogP contribution in [0.3, 0.4) is 0 Å². The van der Waals surface area contributed by atoms with Gasteiger partial charge in [-0.25, -0.2) is 0 Å². The molecule has 2 heterocycles. The average Bonchev–Trinajstić information content (AvgIpc) is 2.96. The average molecular weight is 288 g/mol. The first-order valence-corrected chi connectivity index (χ1v) is 7.36. The van der Waals surface area contributed by atoms with E-state index in [9.17, 15) is 4.79 Å². The number of fused-ring (bicyclic) bond motifs is 1. The second-order valence-electron chi connectivity index (χ2n) is 5.38. The third kappa shape index (κ3) is 2.84. The van der Waals surface area contributed by atoms with Crippen LogP contribution in [0.2, 0.25) is 0 Å². The molecule has 21 heavy (non-hydrogen) atoms. The predicted molar refractivity (Wildman–Crippen MR) is 78.0 cm³/mol. The van der Waals surface area contributed by atoms with E-state index in [0.29, 0.717) is 25.3 Å². The second-order valence-corrected chi connectivity index (χ2v) is 5.38. The van der Waals surface area contributed by atoms with Gasteiger partial charge in [0.25, 0.3) is 5.91 Å². The van der Waals surface area contributed by atoms with Gasteiger partial charge in [0, 0.05) is 18.9 Å². The van der Waals surface area contributed by atoms with Crippen molar-refractivity contribution < 1.29 is 14.3 Å². The monoisotopic (exact) mass is 288 g/mol. The van der Waals surface area contributed by atoms with E-state index in [1.165, 1.54) is 0 Å². The molecule has 0 spiro atoms. The van der Waals surface area contributed by atoms with Gasteiger partial charge in [0.05, 0.1) is 30.9 Å². The van der Waals surface area contributed by atoms with Crippen molar-refractivity contribution in [1.29, 1.82) is 0 Å². The molecule has 1 aromatic heterocycles. The molecular formula is C16H20N2O3. The molecule has 5 nitrogen and oxygen atoms in total. The van der Waals surface area contributed by atoms with Crippen LogP contribution in [-0.2, 0) is 9.47 Å². The number of ether oxygens (including phenoxy) is 2. The van der Waals surface area contributed by atoms with Crippen LogP contribution in [0.25, 0.3) is 0 Å². The number of carbonyl (C=O) groups excluding carboxylic acids is 1. The summed E-state index contributed by atoms with van der Waals surface area (Å²) in [4.78, 5) is 18.6. The summed E-state index contributed by atoms with van der Waals surface area (Å²) in [5.41, 5.74) is 0.633. The number of rotatable bonds is 4. The fourth-order valence-electron chi connectivity index (χ4n) is 3.19. The molecule has 0 unspecified atom stereocenters. The molecule has 1 aromatic rings. The van der Waals surface area contributed by atoms with Gasteiger partial charge in [-0.05, 0) is 25.0 Å². The lowest BCUT2D eigenvalue weighted by Crippen LogP contribution is -2.53. The molecule has 0 radical (unpaired) electrons. The molecule has 1 amide bonds. The largest absolute Gasteiger partial charge is 0.372 e. The number of aromatic nitrogens is 1. The minimum absolute atomic E-state index is 0.0284. The van der Waals surface area contributed by atoms with E-state index < -0.39 is 0 Å². The van der Waals surface area contributed by atoms with Gasteiger partial charge in [-0.2, -0.15) is 0 Å². The Kier molecular flexibility index (Phi) is 4.31. The van der Waals surface area contributed by atoms with Crippen molar-refractivity contribution in [3.8, 4) is 0 Å². The van der Waals surface area contributed by atoms with E-state index in [-0.39, 0.29) is 24.2 Å². The third-order valence-electron chi connectivity index (χ3n) is 4.13. The first kappa shape index (κ1) is 14.2. The number of morpholine rings is 1. The van der Waals surface area contributed by atoms with Crippen molar-refractivity contribution in [2.75, 3.05) is 19.8 Å². The van der Waals surface area contributed by atoms with Crippen LogP contribution >= 0.6 is 0 Å². The van der Waals surface area contributed by atoms with Gasteiger partial charge in [0.2, 0.25) is 0 Å². The zero-order chi connectivity index (χ0) is 14.7. The van der Waals surface area contributed by atoms with E-state index >= 15 is 0 Å². The molecule has 1 aliphatic heterocycles. The fourth-order valence-corrected chi connectivity index (χ4v) is 3.19. The Bertz CT molecular complexity index is 506. The first-order valence-electron chi connectivity index (χ1n) is 7.36. The first-order chi connectivity index (χ1) is 10.3. The van der Waals surface area contributed by atoms with Crippen molar-refractivity contribution in [2.24, 2.45) is 0 Å². The minimum Gasteiger partial charge on any atom is -0.372 e. The Morgan fingerprint density at radius 3 is 3.24 bits per heavy atom. The highest BCUT2D eigenvalue weighted by Gasteiger charge is 2.45. The molecule has 5 heteroatoms. The van der Waals surface area contributed by atoms with Crippen LogP contribution < -0.4 is 0 Å². The quantitative estimate of drug-likeness (QED) is 0.791. The molecule has 3 atom stereocenters. The van der Waals surface area contributed by atoms with E-state index in [4.69, 9.17) is 9.47 Å². The van der Waals surface area contributed by atoms with Gasteiger partial charge < -0.3 is 14.4 Å². The van der Waals surface area contributed by atoms with Crippen molar-refractivity contribution in [1.82, 2.24) is 9.88 Å². The number of hydrogen-bond acceptors (Lipinski definition) is 4. The van der Waals surface area contributed by atoms with Crippen LogP contribution in [0.15, 0.2) is 37.2 Å². The maximum atomic E-state index is 12.6. The molecule has 0 bridgehead atoms. The van der Waals surface area contributed by atoms with Crippen molar-refractivity contribution in [2.45, 2.75) is 31.1 Å². The van der Waals surface area contributed by atoms with Crippen molar-refractivity contribution in [3.05, 3.63) is 42.7 Å². The van der Waals surface area contributed by atoms with Gasteiger partial charge in [-0.1, -0.05) is 6.08 Å². The zero-order valence-electron chi connectivity index (χ0n) is 12.0. The Morgan fingerprint density at radius 2 is 2.48 bits per heavy atom. The van der Waals surface area contributed by atoms with Gasteiger partial charge in [0.1, 0.15) is 6.10 Å². The van der Waals surface area contributed by atoms with Crippen LogP contribution in [-0.4, -0.2) is 53.8 Å². The third-order valence-corrected chi connectivity index (χ3v) is 4.13. The lowest BCUT2D eigenvalue weighted by Gasteiger charge is -2.39. The maximum absolute atomic E-state index is 12.6. The molecule has 0 N–H and O–H groups in total. The summed E-state index contributed by atoms with van der Waals surface area (Å²) in [5.74, 6) is 0.0331. The van der Waals surface area contributed by atoms with Crippen molar-refractivity contribution in [3.63, 3.8) is 0 Å². The normalized spacial score (nSPS) is 28.2. The van der Waals surface area contributed by atoms with E-state index in [1.807, 2.05) is 4.90 Å². The lowest BCUT2D eigenvalue weighted by molar-refractivity contribution is -0.100. The topological polar surface area (TPSA) is 51.7 Å². The Labute approximate surface area is 124 Å². The molecule has 3 rings (SSSR count). The Morgan fingerprint density at radius 1 is 1.57 bits per heavy atom. The Hall–Kier alpha value is -1.72. The van der Waals surface area contributed by atoms with Crippen LogP contribution in [0.5, 0.6) is 0 Å². The number of hydrogen-bond donors (Lipinski definition) is 0. The summed E-state index contributed by atoms with van der Waals surface area (Å²) in [6.07, 6.45) is 6.89. The summed E-state index contributed by atoms with van der Waals surface area (Å²) in [5, 5.41) is 0. The summed E-state index contributed by atoms with van der Waals surface area (Å²) < 4.78 is 11.6. The van der Waals surface area contributed by atoms with Crippen LogP contribution in [0, 0.1) is 0 Å². The fraction of sp³-hybridized carbons (Fsp3) is 0.500. The smallest absolute Gasteiger partial charge is 0.255 e. The lowest BCUT2D eigenvalue weighted by atomic mass is 10.1. The highest BCUT2D eigenvalue weighted by atomic mass is 16.5. The molecule has 2 aliphatic rings. The van der Waals surface area contributed by atoms with Crippen molar-refractivity contribution >= 4 is 5.91 Å². The number of amides is 1. The van der Waals surface area contributed by atoms with Crippen LogP contribution in [0.1, 0.15) is 23.2 Å². The van der Waals surface area contributed by atoms with Gasteiger partial charge in [-0.15, -0.1) is 6.58 Å². The van der Waals surface area contributed by atoms with Gasteiger partial charge >= 0.3 is 0 Å². The highest BCUT2D eigenvalue weighted by molar-refractivity contribution is 5.94. The standard InChI is InChI=1S/C16H20N2O3/c1-2-9-20-14-6-5-13-15(14)21-10-8-18(13)16(19)12-4-3-7-17-11-12/h2-4,7,11,13-15H,1,5-6,8-10H2/t13-,14+,15+/m0/s1. The number of nitrogens with zero attached hydrogens (tertiary/aromatic N) is 2. The van der Waals surface area contributed by atoms with E-state index in [2.05, 4.69) is 11.6 Å². The molecule has 1 aliphatic carbocycles. The van der Waals surface area contributed by atoms with Gasteiger partial charge in [-0.3, -0.25) is 9.78 Å². The summed E-state index contributed by atoms with van der Waals surface area (Å²) >= 11 is 0. The summed E-state index contributed by atoms with van der Waals surface area (Å²) in [7, 11) is 0. The van der Waals surface area contributed by atoms with Crippen LogP contribution in [0.4, 0.5) is 0 Å².